The van der Waals surface area contributed by atoms with Gasteiger partial charge < -0.3 is 15.1 Å². The van der Waals surface area contributed by atoms with Crippen LogP contribution in [0.2, 0.25) is 0 Å². The van der Waals surface area contributed by atoms with Crippen LogP contribution in [0.4, 0.5) is 5.82 Å². The molecule has 2 fully saturated rings. The highest BCUT2D eigenvalue weighted by Crippen LogP contribution is 2.40. The second kappa shape index (κ2) is 6.53. The number of hydrogen-bond acceptors (Lipinski definition) is 6. The third kappa shape index (κ3) is 3.00. The number of aromatic nitrogens is 2. The maximum atomic E-state index is 13.1. The van der Waals surface area contributed by atoms with Crippen molar-refractivity contribution in [3.05, 3.63) is 16.8 Å². The number of fused-ring (bicyclic) bond motifs is 3. The van der Waals surface area contributed by atoms with E-state index in [4.69, 9.17) is 0 Å². The molecule has 0 aromatic carbocycles. The Balaban J connectivity index is 1.62. The van der Waals surface area contributed by atoms with Gasteiger partial charge in [0.05, 0.1) is 10.3 Å². The second-order valence-electron chi connectivity index (χ2n) is 7.48. The van der Waals surface area contributed by atoms with Crippen LogP contribution in [0.25, 0.3) is 10.2 Å². The Bertz CT molecular complexity index is 802. The Labute approximate surface area is 152 Å². The number of likely N-dealkylation sites (N-methyl/N-ethyl adjacent to an activating group) is 1. The van der Waals surface area contributed by atoms with Gasteiger partial charge in [-0.05, 0) is 51.8 Å². The normalized spacial score (nSPS) is 22.3. The van der Waals surface area contributed by atoms with Crippen LogP contribution in [0.15, 0.2) is 6.33 Å². The molecule has 134 valence electrons. The van der Waals surface area contributed by atoms with Crippen LogP contribution in [0.3, 0.4) is 0 Å². The first-order valence-electron chi connectivity index (χ1n) is 8.98. The molecule has 1 aliphatic carbocycles. The number of amides is 1. The number of likely N-dealkylation sites (tertiary alicyclic amines) is 1. The number of rotatable bonds is 5. The van der Waals surface area contributed by atoms with Crippen molar-refractivity contribution in [2.75, 3.05) is 39.0 Å². The van der Waals surface area contributed by atoms with Gasteiger partial charge in [0.25, 0.3) is 5.91 Å². The summed E-state index contributed by atoms with van der Waals surface area (Å²) < 4.78 is 0. The van der Waals surface area contributed by atoms with E-state index in [0.29, 0.717) is 12.0 Å². The summed E-state index contributed by atoms with van der Waals surface area (Å²) in [6.07, 6.45) is 5.22. The van der Waals surface area contributed by atoms with E-state index >= 15 is 0 Å². The minimum atomic E-state index is 0.187. The summed E-state index contributed by atoms with van der Waals surface area (Å²) in [5, 5.41) is 4.40. The van der Waals surface area contributed by atoms with E-state index in [1.165, 1.54) is 24.2 Å². The fourth-order valence-corrected chi connectivity index (χ4v) is 5.22. The molecule has 1 saturated carbocycles. The summed E-state index contributed by atoms with van der Waals surface area (Å²) in [7, 11) is 4.10. The molecular weight excluding hydrogens is 334 g/mol. The largest absolute Gasteiger partial charge is 0.368 e. The molecule has 2 bridgehead atoms. The molecule has 7 heteroatoms. The number of nitrogens with one attached hydrogen (secondary N) is 1. The van der Waals surface area contributed by atoms with Gasteiger partial charge in [-0.25, -0.2) is 9.97 Å². The molecule has 6 nitrogen and oxygen atoms in total. The smallest absolute Gasteiger partial charge is 0.264 e. The SMILES string of the molecule is Cc1c(C(=O)N2C[C@@H]3CC[C@@H]2C3)sc2ncnc(NCCN(C)C)c12. The Morgan fingerprint density at radius 2 is 2.24 bits per heavy atom. The summed E-state index contributed by atoms with van der Waals surface area (Å²) in [4.78, 5) is 27.9. The molecule has 0 spiro atoms. The van der Waals surface area contributed by atoms with E-state index < -0.39 is 0 Å². The van der Waals surface area contributed by atoms with Crippen LogP contribution in [-0.4, -0.2) is 65.4 Å². The minimum absolute atomic E-state index is 0.187. The molecular formula is C18H25N5OS. The zero-order valence-corrected chi connectivity index (χ0v) is 15.9. The van der Waals surface area contributed by atoms with Gasteiger partial charge >= 0.3 is 0 Å². The van der Waals surface area contributed by atoms with E-state index in [1.807, 2.05) is 21.0 Å². The van der Waals surface area contributed by atoms with E-state index in [2.05, 4.69) is 25.1 Å². The van der Waals surface area contributed by atoms with Gasteiger partial charge in [0.1, 0.15) is 17.0 Å². The van der Waals surface area contributed by atoms with Gasteiger partial charge in [-0.3, -0.25) is 4.79 Å². The van der Waals surface area contributed by atoms with Crippen molar-refractivity contribution in [1.29, 1.82) is 0 Å². The van der Waals surface area contributed by atoms with Crippen LogP contribution < -0.4 is 5.32 Å². The lowest BCUT2D eigenvalue weighted by Gasteiger charge is -2.26. The predicted octanol–water partition coefficient (Wildman–Crippen LogP) is 2.60. The zero-order valence-electron chi connectivity index (χ0n) is 15.1. The number of aryl methyl sites for hydroxylation is 1. The summed E-state index contributed by atoms with van der Waals surface area (Å²) in [5.41, 5.74) is 1.01. The van der Waals surface area contributed by atoms with Gasteiger partial charge in [0.15, 0.2) is 0 Å². The quantitative estimate of drug-likeness (QED) is 0.889. The molecule has 2 aromatic heterocycles. The van der Waals surface area contributed by atoms with Gasteiger partial charge in [-0.1, -0.05) is 0 Å². The van der Waals surface area contributed by atoms with Crippen molar-refractivity contribution in [3.63, 3.8) is 0 Å². The van der Waals surface area contributed by atoms with Crippen molar-refractivity contribution in [2.24, 2.45) is 5.92 Å². The maximum Gasteiger partial charge on any atom is 0.264 e. The predicted molar refractivity (Wildman–Crippen MR) is 101 cm³/mol. The summed E-state index contributed by atoms with van der Waals surface area (Å²) in [6, 6.07) is 0.450. The molecule has 2 atom stereocenters. The molecule has 4 rings (SSSR count). The van der Waals surface area contributed by atoms with E-state index in [9.17, 15) is 4.79 Å². The van der Waals surface area contributed by atoms with Crippen molar-refractivity contribution in [3.8, 4) is 0 Å². The molecule has 2 aromatic rings. The number of anilines is 1. The molecule has 0 radical (unpaired) electrons. The van der Waals surface area contributed by atoms with Crippen LogP contribution in [0, 0.1) is 12.8 Å². The average molecular weight is 359 g/mol. The first-order chi connectivity index (χ1) is 12.0. The van der Waals surface area contributed by atoms with Crippen molar-refractivity contribution in [1.82, 2.24) is 19.8 Å². The van der Waals surface area contributed by atoms with Gasteiger partial charge in [0.2, 0.25) is 0 Å². The molecule has 1 amide bonds. The lowest BCUT2D eigenvalue weighted by atomic mass is 10.1. The van der Waals surface area contributed by atoms with E-state index in [0.717, 1.165) is 52.5 Å². The molecule has 1 aliphatic heterocycles. The van der Waals surface area contributed by atoms with Crippen molar-refractivity contribution < 1.29 is 4.79 Å². The van der Waals surface area contributed by atoms with Crippen LogP contribution in [0.1, 0.15) is 34.5 Å². The molecule has 3 heterocycles. The van der Waals surface area contributed by atoms with Crippen molar-refractivity contribution >= 4 is 33.3 Å². The van der Waals surface area contributed by atoms with E-state index in [1.54, 1.807) is 6.33 Å². The monoisotopic (exact) mass is 359 g/mol. The van der Waals surface area contributed by atoms with Gasteiger partial charge in [-0.2, -0.15) is 0 Å². The first kappa shape index (κ1) is 16.7. The number of thiophene rings is 1. The van der Waals surface area contributed by atoms with Crippen LogP contribution in [0.5, 0.6) is 0 Å². The molecule has 25 heavy (non-hydrogen) atoms. The molecule has 1 saturated heterocycles. The number of piperidine rings is 1. The van der Waals surface area contributed by atoms with Crippen molar-refractivity contribution in [2.45, 2.75) is 32.2 Å². The Morgan fingerprint density at radius 1 is 1.40 bits per heavy atom. The third-order valence-electron chi connectivity index (χ3n) is 5.44. The standard InChI is InChI=1S/C18H25N5OS/c1-11-14-16(19-6-7-22(2)3)20-10-21-17(14)25-15(11)18(24)23-9-12-4-5-13(23)8-12/h10,12-13H,4-9H2,1-3H3,(H,19,20,21)/t12-,13-/m1/s1. The highest BCUT2D eigenvalue weighted by atomic mass is 32.1. The first-order valence-corrected chi connectivity index (χ1v) is 9.80. The minimum Gasteiger partial charge on any atom is -0.368 e. The Kier molecular flexibility index (Phi) is 4.37. The fourth-order valence-electron chi connectivity index (χ4n) is 4.11. The lowest BCUT2D eigenvalue weighted by molar-refractivity contribution is 0.0708. The van der Waals surface area contributed by atoms with Crippen LogP contribution in [-0.2, 0) is 0 Å². The third-order valence-corrected chi connectivity index (χ3v) is 6.63. The van der Waals surface area contributed by atoms with Gasteiger partial charge in [0, 0.05) is 25.7 Å². The average Bonchev–Trinajstić information content (AvgIpc) is 3.29. The summed E-state index contributed by atoms with van der Waals surface area (Å²) >= 11 is 1.51. The molecule has 0 unspecified atom stereocenters. The zero-order chi connectivity index (χ0) is 17.6. The number of carbonyl (C=O) groups excluding carboxylic acids is 1. The topological polar surface area (TPSA) is 61.4 Å². The molecule has 1 N–H and O–H groups in total. The summed E-state index contributed by atoms with van der Waals surface area (Å²) in [6.45, 7) is 4.70. The van der Waals surface area contributed by atoms with E-state index in [-0.39, 0.29) is 5.91 Å². The van der Waals surface area contributed by atoms with Gasteiger partial charge in [-0.15, -0.1) is 11.3 Å². The Morgan fingerprint density at radius 3 is 2.92 bits per heavy atom. The number of nitrogens with zero attached hydrogens (tertiary/aromatic N) is 4. The Hall–Kier alpha value is -1.73. The number of carbonyl (C=O) groups is 1. The maximum absolute atomic E-state index is 13.1. The summed E-state index contributed by atoms with van der Waals surface area (Å²) in [5.74, 6) is 1.74. The second-order valence-corrected chi connectivity index (χ2v) is 8.48. The van der Waals surface area contributed by atoms with Crippen LogP contribution >= 0.6 is 11.3 Å². The lowest BCUT2D eigenvalue weighted by Crippen LogP contribution is -2.37. The highest BCUT2D eigenvalue weighted by molar-refractivity contribution is 7.20. The highest BCUT2D eigenvalue weighted by Gasteiger charge is 2.41. The number of hydrogen-bond donors (Lipinski definition) is 1. The fraction of sp³-hybridized carbons (Fsp3) is 0.611. The molecule has 2 aliphatic rings.